The largest absolute Gasteiger partial charge is 0.497 e. The molecule has 0 bridgehead atoms. The highest BCUT2D eigenvalue weighted by molar-refractivity contribution is 5.83. The highest BCUT2D eigenvalue weighted by Crippen LogP contribution is 2.16. The van der Waals surface area contributed by atoms with E-state index in [1.807, 2.05) is 31.1 Å². The Balaban J connectivity index is 2.27. The summed E-state index contributed by atoms with van der Waals surface area (Å²) in [4.78, 5) is 27.0. The van der Waals surface area contributed by atoms with Gasteiger partial charge in [0.05, 0.1) is 20.2 Å². The molecule has 1 aromatic rings. The minimum Gasteiger partial charge on any atom is -0.497 e. The van der Waals surface area contributed by atoms with Gasteiger partial charge in [0.25, 0.3) is 0 Å². The summed E-state index contributed by atoms with van der Waals surface area (Å²) in [5.41, 5.74) is 0. The molecule has 134 valence electrons. The zero-order chi connectivity index (χ0) is 17.9. The Labute approximate surface area is 143 Å². The summed E-state index contributed by atoms with van der Waals surface area (Å²) in [6.07, 6.45) is 0. The summed E-state index contributed by atoms with van der Waals surface area (Å²) in [5, 5.41) is 2.75. The van der Waals surface area contributed by atoms with Crippen LogP contribution in [0.5, 0.6) is 11.5 Å². The monoisotopic (exact) mass is 337 g/mol. The number of rotatable bonds is 10. The van der Waals surface area contributed by atoms with E-state index in [4.69, 9.17) is 9.47 Å². The van der Waals surface area contributed by atoms with E-state index in [1.54, 1.807) is 19.2 Å². The Morgan fingerprint density at radius 2 is 1.71 bits per heavy atom. The number of nitrogens with zero attached hydrogens (tertiary/aromatic N) is 2. The first kappa shape index (κ1) is 19.8. The molecule has 1 N–H and O–H groups in total. The number of carbonyl (C=O) groups excluding carboxylic acids is 2. The standard InChI is InChI=1S/C17H27N3O4/c1-14(21)20(11-10-19(2)3)13-17(22)18-9-12-24-16-7-5-15(23-4)6-8-16/h5-8H,9-13H2,1-4H3,(H,18,22). The van der Waals surface area contributed by atoms with Crippen molar-refractivity contribution in [2.75, 3.05) is 54.0 Å². The molecule has 0 radical (unpaired) electrons. The Hall–Kier alpha value is -2.28. The smallest absolute Gasteiger partial charge is 0.239 e. The second-order valence-corrected chi connectivity index (χ2v) is 5.62. The molecule has 0 aliphatic rings. The second kappa shape index (κ2) is 10.5. The van der Waals surface area contributed by atoms with Crippen LogP contribution in [0.4, 0.5) is 0 Å². The van der Waals surface area contributed by atoms with E-state index < -0.39 is 0 Å². The lowest BCUT2D eigenvalue weighted by Crippen LogP contribution is -2.43. The molecule has 1 rings (SSSR count). The predicted octanol–water partition coefficient (Wildman–Crippen LogP) is 0.600. The third-order valence-electron chi connectivity index (χ3n) is 3.35. The molecule has 0 heterocycles. The molecule has 0 atom stereocenters. The SMILES string of the molecule is COc1ccc(OCCNC(=O)CN(CCN(C)C)C(C)=O)cc1. The zero-order valence-corrected chi connectivity index (χ0v) is 14.9. The number of carbonyl (C=O) groups is 2. The van der Waals surface area contributed by atoms with Crippen LogP contribution in [0.2, 0.25) is 0 Å². The topological polar surface area (TPSA) is 71.1 Å². The van der Waals surface area contributed by atoms with E-state index in [0.717, 1.165) is 5.75 Å². The van der Waals surface area contributed by atoms with Gasteiger partial charge in [-0.2, -0.15) is 0 Å². The molecular formula is C17H27N3O4. The van der Waals surface area contributed by atoms with Gasteiger partial charge in [-0.15, -0.1) is 0 Å². The molecule has 0 saturated carbocycles. The molecule has 24 heavy (non-hydrogen) atoms. The molecule has 0 fully saturated rings. The van der Waals surface area contributed by atoms with Gasteiger partial charge < -0.3 is 24.6 Å². The third kappa shape index (κ3) is 7.82. The fourth-order valence-corrected chi connectivity index (χ4v) is 1.93. The molecule has 0 saturated heterocycles. The van der Waals surface area contributed by atoms with Crippen molar-refractivity contribution in [1.29, 1.82) is 0 Å². The summed E-state index contributed by atoms with van der Waals surface area (Å²) in [6.45, 7) is 3.51. The van der Waals surface area contributed by atoms with E-state index in [9.17, 15) is 9.59 Å². The molecule has 0 aromatic heterocycles. The lowest BCUT2D eigenvalue weighted by atomic mass is 10.3. The number of hydrogen-bond acceptors (Lipinski definition) is 5. The number of likely N-dealkylation sites (N-methyl/N-ethyl adjacent to an activating group) is 1. The van der Waals surface area contributed by atoms with Gasteiger partial charge in [-0.05, 0) is 38.4 Å². The lowest BCUT2D eigenvalue weighted by Gasteiger charge is -2.22. The molecule has 7 heteroatoms. The zero-order valence-electron chi connectivity index (χ0n) is 14.9. The minimum absolute atomic E-state index is 0.0612. The highest BCUT2D eigenvalue weighted by atomic mass is 16.5. The summed E-state index contributed by atoms with van der Waals surface area (Å²) in [6, 6.07) is 7.23. The van der Waals surface area contributed by atoms with Crippen LogP contribution in [0.25, 0.3) is 0 Å². The maximum absolute atomic E-state index is 11.9. The summed E-state index contributed by atoms with van der Waals surface area (Å²) >= 11 is 0. The Kier molecular flexibility index (Phi) is 8.64. The van der Waals surface area contributed by atoms with Crippen molar-refractivity contribution in [3.63, 3.8) is 0 Å². The fourth-order valence-electron chi connectivity index (χ4n) is 1.93. The molecule has 0 aliphatic heterocycles. The van der Waals surface area contributed by atoms with Crippen molar-refractivity contribution < 1.29 is 19.1 Å². The van der Waals surface area contributed by atoms with Crippen LogP contribution < -0.4 is 14.8 Å². The highest BCUT2D eigenvalue weighted by Gasteiger charge is 2.13. The number of amides is 2. The van der Waals surface area contributed by atoms with Gasteiger partial charge in [-0.3, -0.25) is 9.59 Å². The van der Waals surface area contributed by atoms with Gasteiger partial charge in [0.15, 0.2) is 0 Å². The van der Waals surface area contributed by atoms with Gasteiger partial charge in [-0.1, -0.05) is 0 Å². The molecule has 1 aromatic carbocycles. The van der Waals surface area contributed by atoms with Gasteiger partial charge in [-0.25, -0.2) is 0 Å². The predicted molar refractivity (Wildman–Crippen MR) is 92.3 cm³/mol. The first-order valence-corrected chi connectivity index (χ1v) is 7.86. The first-order chi connectivity index (χ1) is 11.4. The minimum atomic E-state index is -0.192. The van der Waals surface area contributed by atoms with Crippen LogP contribution in [0.1, 0.15) is 6.92 Å². The molecule has 0 spiro atoms. The van der Waals surface area contributed by atoms with E-state index in [2.05, 4.69) is 5.32 Å². The van der Waals surface area contributed by atoms with Gasteiger partial charge >= 0.3 is 0 Å². The maximum atomic E-state index is 11.9. The quantitative estimate of drug-likeness (QED) is 0.633. The van der Waals surface area contributed by atoms with Crippen LogP contribution >= 0.6 is 0 Å². The van der Waals surface area contributed by atoms with Crippen LogP contribution in [0, 0.1) is 0 Å². The van der Waals surface area contributed by atoms with Crippen LogP contribution in [-0.4, -0.2) is 75.6 Å². The number of hydrogen-bond donors (Lipinski definition) is 1. The molecule has 2 amide bonds. The van der Waals surface area contributed by atoms with E-state index in [1.165, 1.54) is 11.8 Å². The van der Waals surface area contributed by atoms with Crippen molar-refractivity contribution >= 4 is 11.8 Å². The second-order valence-electron chi connectivity index (χ2n) is 5.62. The Morgan fingerprint density at radius 1 is 1.08 bits per heavy atom. The number of ether oxygens (including phenoxy) is 2. The van der Waals surface area contributed by atoms with Crippen molar-refractivity contribution in [1.82, 2.24) is 15.1 Å². The average Bonchev–Trinajstić information content (AvgIpc) is 2.55. The molecular weight excluding hydrogens is 310 g/mol. The fraction of sp³-hybridized carbons (Fsp3) is 0.529. The lowest BCUT2D eigenvalue weighted by molar-refractivity contribution is -0.134. The van der Waals surface area contributed by atoms with Crippen molar-refractivity contribution in [3.8, 4) is 11.5 Å². The summed E-state index contributed by atoms with van der Waals surface area (Å²) < 4.78 is 10.6. The molecule has 0 unspecified atom stereocenters. The summed E-state index contributed by atoms with van der Waals surface area (Å²) in [7, 11) is 5.46. The van der Waals surface area contributed by atoms with Gasteiger partial charge in [0, 0.05) is 20.0 Å². The Morgan fingerprint density at radius 3 is 2.25 bits per heavy atom. The van der Waals surface area contributed by atoms with Gasteiger partial charge in [0.1, 0.15) is 18.1 Å². The van der Waals surface area contributed by atoms with Crippen LogP contribution in [-0.2, 0) is 9.59 Å². The average molecular weight is 337 g/mol. The van der Waals surface area contributed by atoms with Crippen LogP contribution in [0.15, 0.2) is 24.3 Å². The normalized spacial score (nSPS) is 10.4. The summed E-state index contributed by atoms with van der Waals surface area (Å²) in [5.74, 6) is 1.17. The van der Waals surface area contributed by atoms with Gasteiger partial charge in [0.2, 0.25) is 11.8 Å². The van der Waals surface area contributed by atoms with E-state index in [0.29, 0.717) is 32.0 Å². The van der Waals surface area contributed by atoms with E-state index >= 15 is 0 Å². The first-order valence-electron chi connectivity index (χ1n) is 7.86. The van der Waals surface area contributed by atoms with Crippen molar-refractivity contribution in [3.05, 3.63) is 24.3 Å². The number of methoxy groups -OCH3 is 1. The number of nitrogens with one attached hydrogen (secondary N) is 1. The maximum Gasteiger partial charge on any atom is 0.239 e. The third-order valence-corrected chi connectivity index (χ3v) is 3.35. The van der Waals surface area contributed by atoms with Crippen LogP contribution in [0.3, 0.4) is 0 Å². The Bertz CT molecular complexity index is 517. The van der Waals surface area contributed by atoms with Crippen molar-refractivity contribution in [2.24, 2.45) is 0 Å². The molecule has 7 nitrogen and oxygen atoms in total. The van der Waals surface area contributed by atoms with Crippen molar-refractivity contribution in [2.45, 2.75) is 6.92 Å². The van der Waals surface area contributed by atoms with E-state index in [-0.39, 0.29) is 18.4 Å². The number of benzene rings is 1. The molecule has 0 aliphatic carbocycles.